The van der Waals surface area contributed by atoms with Gasteiger partial charge in [0.1, 0.15) is 6.61 Å². The summed E-state index contributed by atoms with van der Waals surface area (Å²) < 4.78 is 12.7. The van der Waals surface area contributed by atoms with Gasteiger partial charge in [0.25, 0.3) is 11.8 Å². The number of thiocarbonyl (C=S) groups is 1. The van der Waals surface area contributed by atoms with Crippen molar-refractivity contribution in [3.63, 3.8) is 0 Å². The van der Waals surface area contributed by atoms with Crippen LogP contribution in [0.15, 0.2) is 58.8 Å². The normalized spacial score (nSPS) is 14.6. The van der Waals surface area contributed by atoms with E-state index in [1.165, 1.54) is 16.9 Å². The van der Waals surface area contributed by atoms with Crippen molar-refractivity contribution < 1.29 is 19.1 Å². The van der Waals surface area contributed by atoms with Crippen molar-refractivity contribution in [1.29, 1.82) is 0 Å². The van der Waals surface area contributed by atoms with E-state index >= 15 is 0 Å². The van der Waals surface area contributed by atoms with E-state index in [2.05, 4.69) is 28.0 Å². The summed E-state index contributed by atoms with van der Waals surface area (Å²) in [6.45, 7) is 2.45. The summed E-state index contributed by atoms with van der Waals surface area (Å²) in [5.41, 5.74) is 5.59. The van der Waals surface area contributed by atoms with Crippen molar-refractivity contribution in [2.45, 2.75) is 13.5 Å². The Labute approximate surface area is 224 Å². The van der Waals surface area contributed by atoms with E-state index in [0.717, 1.165) is 31.5 Å². The van der Waals surface area contributed by atoms with E-state index in [1.807, 2.05) is 43.3 Å². The molecule has 34 heavy (non-hydrogen) atoms. The van der Waals surface area contributed by atoms with E-state index in [-0.39, 0.29) is 16.1 Å². The second kappa shape index (κ2) is 10.9. The van der Waals surface area contributed by atoms with Gasteiger partial charge in [-0.3, -0.25) is 15.0 Å². The van der Waals surface area contributed by atoms with Crippen molar-refractivity contribution in [1.82, 2.24) is 10.4 Å². The molecule has 1 saturated heterocycles. The average molecular weight is 623 g/mol. The smallest absolute Gasteiger partial charge is 0.285 e. The third-order valence-corrected chi connectivity index (χ3v) is 7.78. The molecule has 0 unspecified atom stereocenters. The molecule has 1 aliphatic heterocycles. The third kappa shape index (κ3) is 5.62. The fourth-order valence-electron chi connectivity index (χ4n) is 3.08. The predicted molar refractivity (Wildman–Crippen MR) is 148 cm³/mol. The Morgan fingerprint density at radius 3 is 2.68 bits per heavy atom. The zero-order chi connectivity index (χ0) is 24.2. The average Bonchev–Trinajstić information content (AvgIpc) is 3.44. The molecule has 0 bridgehead atoms. The zero-order valence-corrected chi connectivity index (χ0v) is 22.8. The summed E-state index contributed by atoms with van der Waals surface area (Å²) in [6, 6.07) is 15.3. The maximum atomic E-state index is 12.9. The van der Waals surface area contributed by atoms with Crippen LogP contribution in [0.5, 0.6) is 11.5 Å². The standard InChI is InChI=1S/C24H19IN2O4S3/c1-14-5-7-15(8-6-14)13-31-21-17(25)10-16(11-18(21)30-2)12-20-23(29)27(24(32)34-20)26-22(28)19-4-3-9-33-19/h3-12H,13H2,1-2H3,(H,26,28)/b20-12-. The number of rotatable bonds is 7. The lowest BCUT2D eigenvalue weighted by atomic mass is 10.1. The van der Waals surface area contributed by atoms with Crippen LogP contribution in [0.4, 0.5) is 0 Å². The number of thioether (sulfide) groups is 1. The molecule has 3 aromatic rings. The number of ether oxygens (including phenoxy) is 2. The van der Waals surface area contributed by atoms with Gasteiger partial charge in [0, 0.05) is 0 Å². The molecule has 2 heterocycles. The molecule has 0 aliphatic carbocycles. The highest BCUT2D eigenvalue weighted by Gasteiger charge is 2.34. The topological polar surface area (TPSA) is 67.9 Å². The molecule has 10 heteroatoms. The second-order valence-corrected chi connectivity index (χ2v) is 11.0. The minimum Gasteiger partial charge on any atom is -0.493 e. The lowest BCUT2D eigenvalue weighted by Crippen LogP contribution is -2.44. The maximum Gasteiger partial charge on any atom is 0.285 e. The van der Waals surface area contributed by atoms with Crippen LogP contribution in [0, 0.1) is 10.5 Å². The fourth-order valence-corrected chi connectivity index (χ4v) is 5.66. The number of carbonyl (C=O) groups excluding carboxylic acids is 2. The van der Waals surface area contributed by atoms with Crippen LogP contribution in [-0.4, -0.2) is 28.3 Å². The Kier molecular flexibility index (Phi) is 7.91. The highest BCUT2D eigenvalue weighted by molar-refractivity contribution is 14.1. The number of hydrogen-bond donors (Lipinski definition) is 1. The number of carbonyl (C=O) groups is 2. The molecule has 6 nitrogen and oxygen atoms in total. The molecule has 0 saturated carbocycles. The van der Waals surface area contributed by atoms with Crippen LogP contribution in [0.3, 0.4) is 0 Å². The molecule has 1 fully saturated rings. The van der Waals surface area contributed by atoms with Crippen LogP contribution in [0.1, 0.15) is 26.4 Å². The zero-order valence-electron chi connectivity index (χ0n) is 18.2. The van der Waals surface area contributed by atoms with Gasteiger partial charge in [-0.05, 0) is 82.5 Å². The van der Waals surface area contributed by atoms with Gasteiger partial charge in [-0.1, -0.05) is 47.7 Å². The molecule has 1 N–H and O–H groups in total. The van der Waals surface area contributed by atoms with Gasteiger partial charge in [-0.25, -0.2) is 0 Å². The number of methoxy groups -OCH3 is 1. The van der Waals surface area contributed by atoms with Crippen LogP contribution >= 0.6 is 57.9 Å². The number of hydrazine groups is 1. The number of nitrogens with zero attached hydrogens (tertiary/aromatic N) is 1. The molecule has 0 atom stereocenters. The van der Waals surface area contributed by atoms with Gasteiger partial charge in [0.15, 0.2) is 15.8 Å². The first-order valence-electron chi connectivity index (χ1n) is 10.0. The predicted octanol–water partition coefficient (Wildman–Crippen LogP) is 5.79. The summed E-state index contributed by atoms with van der Waals surface area (Å²) in [5, 5.41) is 2.90. The minimum atomic E-state index is -0.381. The van der Waals surface area contributed by atoms with Gasteiger partial charge < -0.3 is 9.47 Å². The Morgan fingerprint density at radius 2 is 2.00 bits per heavy atom. The summed E-state index contributed by atoms with van der Waals surface area (Å²) in [6.07, 6.45) is 1.73. The number of hydrogen-bond acceptors (Lipinski definition) is 7. The Bertz CT molecular complexity index is 1270. The molecule has 1 aliphatic rings. The summed E-state index contributed by atoms with van der Waals surface area (Å²) in [4.78, 5) is 26.1. The molecular weight excluding hydrogens is 603 g/mol. The summed E-state index contributed by atoms with van der Waals surface area (Å²) in [7, 11) is 1.58. The first kappa shape index (κ1) is 24.7. The van der Waals surface area contributed by atoms with Gasteiger partial charge in [0.05, 0.1) is 20.5 Å². The van der Waals surface area contributed by atoms with E-state index in [0.29, 0.717) is 27.9 Å². The molecule has 174 valence electrons. The molecule has 0 radical (unpaired) electrons. The second-order valence-electron chi connectivity index (χ2n) is 7.24. The third-order valence-electron chi connectivity index (χ3n) is 4.81. The van der Waals surface area contributed by atoms with E-state index in [4.69, 9.17) is 21.7 Å². The van der Waals surface area contributed by atoms with E-state index in [9.17, 15) is 9.59 Å². The fraction of sp³-hybridized carbons (Fsp3) is 0.125. The first-order chi connectivity index (χ1) is 16.4. The summed E-state index contributed by atoms with van der Waals surface area (Å²) >= 11 is 9.92. The summed E-state index contributed by atoms with van der Waals surface area (Å²) in [5.74, 6) is 0.441. The monoisotopic (exact) mass is 622 g/mol. The van der Waals surface area contributed by atoms with Crippen LogP contribution < -0.4 is 14.9 Å². The lowest BCUT2D eigenvalue weighted by molar-refractivity contribution is -0.123. The highest BCUT2D eigenvalue weighted by Crippen LogP contribution is 2.37. The molecule has 4 rings (SSSR count). The maximum absolute atomic E-state index is 12.9. The van der Waals surface area contributed by atoms with Crippen LogP contribution in [-0.2, 0) is 11.4 Å². The minimum absolute atomic E-state index is 0.265. The Morgan fingerprint density at radius 1 is 1.24 bits per heavy atom. The van der Waals surface area contributed by atoms with Crippen LogP contribution in [0.2, 0.25) is 0 Å². The van der Waals surface area contributed by atoms with Gasteiger partial charge in [-0.2, -0.15) is 5.01 Å². The van der Waals surface area contributed by atoms with Crippen LogP contribution in [0.25, 0.3) is 6.08 Å². The molecule has 2 aromatic carbocycles. The quantitative estimate of drug-likeness (QED) is 0.204. The molecular formula is C24H19IN2O4S3. The van der Waals surface area contributed by atoms with Crippen molar-refractivity contribution in [2.75, 3.05) is 7.11 Å². The molecule has 1 aromatic heterocycles. The number of thiophene rings is 1. The number of aryl methyl sites for hydroxylation is 1. The van der Waals surface area contributed by atoms with Gasteiger partial charge in [0.2, 0.25) is 0 Å². The van der Waals surface area contributed by atoms with E-state index in [1.54, 1.807) is 30.7 Å². The Balaban J connectivity index is 1.51. The van der Waals surface area contributed by atoms with Gasteiger partial charge >= 0.3 is 0 Å². The number of nitrogens with one attached hydrogen (secondary N) is 1. The Hall–Kier alpha value is -2.41. The van der Waals surface area contributed by atoms with Gasteiger partial charge in [-0.15, -0.1) is 11.3 Å². The molecule has 2 amide bonds. The van der Waals surface area contributed by atoms with Crippen molar-refractivity contribution >= 4 is 80.1 Å². The van der Waals surface area contributed by atoms with Crippen molar-refractivity contribution in [2.24, 2.45) is 0 Å². The first-order valence-corrected chi connectivity index (χ1v) is 13.2. The largest absolute Gasteiger partial charge is 0.493 e. The molecule has 0 spiro atoms. The highest BCUT2D eigenvalue weighted by atomic mass is 127. The number of halogens is 1. The SMILES string of the molecule is COc1cc(/C=C2\SC(=S)N(NC(=O)c3cccs3)C2=O)cc(I)c1OCc1ccc(C)cc1. The lowest BCUT2D eigenvalue weighted by Gasteiger charge is -2.15. The van der Waals surface area contributed by atoms with Crippen molar-refractivity contribution in [3.8, 4) is 11.5 Å². The van der Waals surface area contributed by atoms with E-state index < -0.39 is 0 Å². The number of benzene rings is 2. The number of amides is 2. The van der Waals surface area contributed by atoms with Crippen molar-refractivity contribution in [3.05, 3.63) is 84.0 Å².